The fourth-order valence-corrected chi connectivity index (χ4v) is 2.52. The molecule has 0 heterocycles. The molecule has 0 radical (unpaired) electrons. The van der Waals surface area contributed by atoms with Gasteiger partial charge in [0.15, 0.2) is 0 Å². The van der Waals surface area contributed by atoms with E-state index in [0.29, 0.717) is 0 Å². The van der Waals surface area contributed by atoms with Gasteiger partial charge in [0.1, 0.15) is 11.6 Å². The minimum Gasteiger partial charge on any atom is -0.316 e. The van der Waals surface area contributed by atoms with Gasteiger partial charge >= 0.3 is 0 Å². The van der Waals surface area contributed by atoms with Crippen LogP contribution in [0.15, 0.2) is 42.5 Å². The van der Waals surface area contributed by atoms with Crippen molar-refractivity contribution < 1.29 is 8.78 Å². The van der Waals surface area contributed by atoms with Gasteiger partial charge in [-0.25, -0.2) is 8.78 Å². The molecule has 1 nitrogen and oxygen atoms in total. The number of likely N-dealkylation sites (N-methyl/N-ethyl adjacent to an activating group) is 1. The summed E-state index contributed by atoms with van der Waals surface area (Å²) in [5, 5.41) is 3.44. The first kappa shape index (κ1) is 15.9. The summed E-state index contributed by atoms with van der Waals surface area (Å²) in [6.07, 6.45) is 0.721. The van der Waals surface area contributed by atoms with E-state index in [0.717, 1.165) is 30.6 Å². The third kappa shape index (κ3) is 4.51. The van der Waals surface area contributed by atoms with Gasteiger partial charge in [-0.3, -0.25) is 0 Å². The summed E-state index contributed by atoms with van der Waals surface area (Å²) in [5.74, 6) is -0.469. The highest BCUT2D eigenvalue weighted by molar-refractivity contribution is 6.30. The van der Waals surface area contributed by atoms with E-state index in [2.05, 4.69) is 5.32 Å². The lowest BCUT2D eigenvalue weighted by molar-refractivity contribution is 0.588. The van der Waals surface area contributed by atoms with Gasteiger partial charge in [-0.15, -0.1) is 0 Å². The Morgan fingerprint density at radius 1 is 1.10 bits per heavy atom. The van der Waals surface area contributed by atoms with Crippen LogP contribution in [0, 0.1) is 11.6 Å². The second-order valence-corrected chi connectivity index (χ2v) is 5.42. The highest BCUT2D eigenvalue weighted by Gasteiger charge is 2.13. The predicted molar refractivity (Wildman–Crippen MR) is 82.8 cm³/mol. The summed E-state index contributed by atoms with van der Waals surface area (Å²) < 4.78 is 26.3. The van der Waals surface area contributed by atoms with Crippen molar-refractivity contribution in [3.8, 4) is 0 Å². The molecule has 0 aliphatic carbocycles. The maximum Gasteiger partial charge on any atom is 0.141 e. The minimum atomic E-state index is -0.412. The summed E-state index contributed by atoms with van der Waals surface area (Å²) in [7, 11) is 0. The van der Waals surface area contributed by atoms with Gasteiger partial charge in [0.2, 0.25) is 0 Å². The van der Waals surface area contributed by atoms with E-state index in [1.54, 1.807) is 24.3 Å². The average Bonchev–Trinajstić information content (AvgIpc) is 2.48. The summed E-state index contributed by atoms with van der Waals surface area (Å²) in [6, 6.07) is 11.3. The van der Waals surface area contributed by atoms with Crippen LogP contribution in [-0.2, 0) is 6.42 Å². The van der Waals surface area contributed by atoms with Gasteiger partial charge in [-0.2, -0.15) is 0 Å². The quantitative estimate of drug-likeness (QED) is 0.825. The molecule has 0 saturated heterocycles. The monoisotopic (exact) mass is 309 g/mol. The number of halogens is 3. The second-order valence-electron chi connectivity index (χ2n) is 5.01. The molecule has 0 saturated carbocycles. The molecule has 2 aromatic rings. The Kier molecular flexibility index (Phi) is 5.71. The molecule has 0 fully saturated rings. The van der Waals surface area contributed by atoms with Crippen molar-refractivity contribution in [2.45, 2.75) is 19.3 Å². The normalized spacial score (nSPS) is 12.4. The van der Waals surface area contributed by atoms with Gasteiger partial charge in [0, 0.05) is 12.5 Å². The molecule has 2 aromatic carbocycles. The third-order valence-electron chi connectivity index (χ3n) is 3.45. The maximum atomic E-state index is 13.2. The number of nitrogens with one attached hydrogen (secondary N) is 1. The molecule has 0 aliphatic heterocycles. The van der Waals surface area contributed by atoms with E-state index in [1.807, 2.05) is 6.92 Å². The zero-order valence-corrected chi connectivity index (χ0v) is 12.6. The molecule has 1 atom stereocenters. The van der Waals surface area contributed by atoms with Crippen LogP contribution in [0.5, 0.6) is 0 Å². The molecular formula is C17H18ClF2N. The van der Waals surface area contributed by atoms with Crippen molar-refractivity contribution in [3.05, 3.63) is 70.2 Å². The van der Waals surface area contributed by atoms with E-state index in [1.165, 1.54) is 18.2 Å². The summed E-state index contributed by atoms with van der Waals surface area (Å²) in [6.45, 7) is 3.68. The van der Waals surface area contributed by atoms with Crippen LogP contribution in [0.25, 0.3) is 0 Å². The van der Waals surface area contributed by atoms with Crippen molar-refractivity contribution >= 4 is 11.6 Å². The van der Waals surface area contributed by atoms with Gasteiger partial charge in [0.25, 0.3) is 0 Å². The number of benzene rings is 2. The van der Waals surface area contributed by atoms with Gasteiger partial charge < -0.3 is 5.32 Å². The van der Waals surface area contributed by atoms with Crippen molar-refractivity contribution in [2.75, 3.05) is 13.1 Å². The molecule has 0 spiro atoms. The van der Waals surface area contributed by atoms with Crippen LogP contribution in [0.1, 0.15) is 24.0 Å². The third-order valence-corrected chi connectivity index (χ3v) is 3.74. The molecule has 4 heteroatoms. The number of hydrogen-bond donors (Lipinski definition) is 1. The first-order chi connectivity index (χ1) is 10.1. The largest absolute Gasteiger partial charge is 0.316 e. The maximum absolute atomic E-state index is 13.2. The van der Waals surface area contributed by atoms with Crippen LogP contribution >= 0.6 is 11.6 Å². The molecule has 112 valence electrons. The molecule has 2 rings (SSSR count). The molecule has 0 aromatic heterocycles. The summed E-state index contributed by atoms with van der Waals surface area (Å²) in [5.41, 5.74) is 2.02. The molecule has 0 amide bonds. The van der Waals surface area contributed by atoms with Crippen molar-refractivity contribution in [2.24, 2.45) is 0 Å². The zero-order chi connectivity index (χ0) is 15.2. The first-order valence-corrected chi connectivity index (χ1v) is 7.38. The topological polar surface area (TPSA) is 12.0 Å². The van der Waals surface area contributed by atoms with Gasteiger partial charge in [-0.05, 0) is 48.4 Å². The highest BCUT2D eigenvalue weighted by Crippen LogP contribution is 2.24. The number of hydrogen-bond acceptors (Lipinski definition) is 1. The molecule has 21 heavy (non-hydrogen) atoms. The highest BCUT2D eigenvalue weighted by atomic mass is 35.5. The SMILES string of the molecule is CCNCC(Cc1ccc(F)c(Cl)c1)c1ccc(F)cc1. The fraction of sp³-hybridized carbons (Fsp3) is 0.294. The molecule has 0 bridgehead atoms. The Morgan fingerprint density at radius 3 is 2.43 bits per heavy atom. The van der Waals surface area contributed by atoms with Gasteiger partial charge in [0.05, 0.1) is 5.02 Å². The first-order valence-electron chi connectivity index (χ1n) is 7.00. The smallest absolute Gasteiger partial charge is 0.141 e. The lowest BCUT2D eigenvalue weighted by Gasteiger charge is -2.18. The molecule has 1 N–H and O–H groups in total. The lowest BCUT2D eigenvalue weighted by Crippen LogP contribution is -2.22. The Balaban J connectivity index is 2.19. The van der Waals surface area contributed by atoms with E-state index in [9.17, 15) is 8.78 Å². The Hall–Kier alpha value is -1.45. The number of rotatable bonds is 6. The summed E-state index contributed by atoms with van der Waals surface area (Å²) >= 11 is 5.83. The van der Waals surface area contributed by atoms with Crippen molar-refractivity contribution in [3.63, 3.8) is 0 Å². The van der Waals surface area contributed by atoms with Crippen LogP contribution in [0.3, 0.4) is 0 Å². The van der Waals surface area contributed by atoms with Crippen molar-refractivity contribution in [1.29, 1.82) is 0 Å². The van der Waals surface area contributed by atoms with Crippen LogP contribution < -0.4 is 5.32 Å². The van der Waals surface area contributed by atoms with E-state index in [-0.39, 0.29) is 16.8 Å². The molecule has 1 unspecified atom stereocenters. The van der Waals surface area contributed by atoms with E-state index in [4.69, 9.17) is 11.6 Å². The Bertz CT molecular complexity index is 584. The Labute approximate surface area is 128 Å². The standard InChI is InChI=1S/C17H18ClF2N/c1-2-21-11-14(13-4-6-15(19)7-5-13)9-12-3-8-17(20)16(18)10-12/h3-8,10,14,21H,2,9,11H2,1H3. The lowest BCUT2D eigenvalue weighted by atomic mass is 9.92. The fourth-order valence-electron chi connectivity index (χ4n) is 2.31. The van der Waals surface area contributed by atoms with Crippen LogP contribution in [-0.4, -0.2) is 13.1 Å². The molecule has 0 aliphatic rings. The average molecular weight is 310 g/mol. The van der Waals surface area contributed by atoms with Crippen LogP contribution in [0.2, 0.25) is 5.02 Å². The second kappa shape index (κ2) is 7.53. The van der Waals surface area contributed by atoms with E-state index >= 15 is 0 Å². The minimum absolute atomic E-state index is 0.133. The summed E-state index contributed by atoms with van der Waals surface area (Å²) in [4.78, 5) is 0. The predicted octanol–water partition coefficient (Wildman–Crippen LogP) is 4.55. The van der Waals surface area contributed by atoms with E-state index < -0.39 is 5.82 Å². The molecular weight excluding hydrogens is 292 g/mol. The Morgan fingerprint density at radius 2 is 1.81 bits per heavy atom. The van der Waals surface area contributed by atoms with Gasteiger partial charge in [-0.1, -0.05) is 36.7 Å². The van der Waals surface area contributed by atoms with Crippen LogP contribution in [0.4, 0.5) is 8.78 Å². The van der Waals surface area contributed by atoms with Crippen molar-refractivity contribution in [1.82, 2.24) is 5.32 Å². The zero-order valence-electron chi connectivity index (χ0n) is 11.9.